The molecule has 0 rings (SSSR count). The average molecular weight is 222 g/mol. The van der Waals surface area contributed by atoms with E-state index in [2.05, 4.69) is 0 Å². The third-order valence-corrected chi connectivity index (χ3v) is 0. The van der Waals surface area contributed by atoms with Crippen molar-refractivity contribution < 1.29 is 98.8 Å². The van der Waals surface area contributed by atoms with Gasteiger partial charge in [-0.25, -0.2) is 0 Å². The Balaban J connectivity index is -0.0000000221. The SMILES string of the molecule is O.O=C([O-])O.O=P([O-])(O)O.[Na+].[Na+]. The molecule has 0 aromatic carbocycles. The molecule has 5 N–H and O–H groups in total. The molecule has 0 amide bonds. The van der Waals surface area contributed by atoms with Crippen molar-refractivity contribution >= 4 is 14.0 Å². The van der Waals surface area contributed by atoms with E-state index in [0.717, 1.165) is 0 Å². The monoisotopic (exact) mass is 222 g/mol. The van der Waals surface area contributed by atoms with Crippen molar-refractivity contribution in [3.8, 4) is 0 Å². The maximum Gasteiger partial charge on any atom is 1.00 e. The molecule has 0 aliphatic carbocycles. The summed E-state index contributed by atoms with van der Waals surface area (Å²) in [6, 6.07) is 0. The van der Waals surface area contributed by atoms with Crippen LogP contribution in [0, 0.1) is 0 Å². The molecule has 0 aromatic heterocycles. The second-order valence-electron chi connectivity index (χ2n) is 0.756. The van der Waals surface area contributed by atoms with Gasteiger partial charge in [0, 0.05) is 0 Å². The Hall–Kier alpha value is 1.34. The summed E-state index contributed by atoms with van der Waals surface area (Å²) in [5, 5.41) is 15.3. The summed E-state index contributed by atoms with van der Waals surface area (Å²) in [6.45, 7) is 0. The van der Waals surface area contributed by atoms with E-state index in [-0.39, 0.29) is 64.6 Å². The van der Waals surface area contributed by atoms with Crippen molar-refractivity contribution in [2.45, 2.75) is 0 Å². The zero-order valence-corrected chi connectivity index (χ0v) is 11.3. The first-order chi connectivity index (χ1) is 3.73. The van der Waals surface area contributed by atoms with Gasteiger partial charge in [0.15, 0.2) is 0 Å². The van der Waals surface area contributed by atoms with E-state index in [4.69, 9.17) is 34.3 Å². The number of hydrogen-bond acceptors (Lipinski definition) is 4. The minimum Gasteiger partial charge on any atom is -0.756 e. The standard InChI is InChI=1S/CH2O3.2Na.H3O4P.H2O/c2-1(3)4;;;1-5(2,3)4;/h(H2,2,3,4);;;(H3,1,2,3,4);1H2/q;2*+1;;/p-2. The van der Waals surface area contributed by atoms with Crippen LogP contribution in [0.25, 0.3) is 0 Å². The molecular formula is CH5Na2O8P. The van der Waals surface area contributed by atoms with Crippen molar-refractivity contribution in [1.29, 1.82) is 0 Å². The molecule has 0 fully saturated rings. The smallest absolute Gasteiger partial charge is 0.756 e. The predicted octanol–water partition coefficient (Wildman–Crippen LogP) is -9.49. The molecule has 8 nitrogen and oxygen atoms in total. The molecule has 12 heavy (non-hydrogen) atoms. The van der Waals surface area contributed by atoms with Gasteiger partial charge < -0.3 is 35.2 Å². The van der Waals surface area contributed by atoms with Crippen molar-refractivity contribution in [2.75, 3.05) is 0 Å². The van der Waals surface area contributed by atoms with Crippen LogP contribution in [0.5, 0.6) is 0 Å². The van der Waals surface area contributed by atoms with E-state index < -0.39 is 14.0 Å². The van der Waals surface area contributed by atoms with Gasteiger partial charge in [-0.2, -0.15) is 0 Å². The van der Waals surface area contributed by atoms with Gasteiger partial charge in [0.1, 0.15) is 0 Å². The Morgan fingerprint density at radius 2 is 1.25 bits per heavy atom. The maximum absolute atomic E-state index is 8.77. The molecular weight excluding hydrogens is 217 g/mol. The second-order valence-corrected chi connectivity index (χ2v) is 1.74. The number of carbonyl (C=O) groups is 1. The molecule has 0 spiro atoms. The van der Waals surface area contributed by atoms with Gasteiger partial charge in [-0.1, -0.05) is 0 Å². The Morgan fingerprint density at radius 3 is 1.25 bits per heavy atom. The predicted molar refractivity (Wildman–Crippen MR) is 23.7 cm³/mol. The first kappa shape index (κ1) is 29.2. The average Bonchev–Trinajstić information content (AvgIpc) is 1.19. The first-order valence-corrected chi connectivity index (χ1v) is 2.93. The molecule has 0 aliphatic heterocycles. The summed E-state index contributed by atoms with van der Waals surface area (Å²) >= 11 is 0. The van der Waals surface area contributed by atoms with E-state index in [1.807, 2.05) is 0 Å². The van der Waals surface area contributed by atoms with Crippen molar-refractivity contribution in [3.63, 3.8) is 0 Å². The van der Waals surface area contributed by atoms with Crippen molar-refractivity contribution in [2.24, 2.45) is 0 Å². The summed E-state index contributed by atoms with van der Waals surface area (Å²) in [6.07, 6.45) is -2.08. The number of carboxylic acid groups (broad SMARTS) is 2. The van der Waals surface area contributed by atoms with Crippen LogP contribution in [0.2, 0.25) is 0 Å². The van der Waals surface area contributed by atoms with Gasteiger partial charge in [0.25, 0.3) is 7.82 Å². The minimum atomic E-state index is -4.89. The summed E-state index contributed by atoms with van der Waals surface area (Å²) in [5.41, 5.74) is 0. The quantitative estimate of drug-likeness (QED) is 0.269. The Bertz CT molecular complexity index is 117. The third kappa shape index (κ3) is 675. The van der Waals surface area contributed by atoms with Crippen molar-refractivity contribution in [1.82, 2.24) is 0 Å². The Morgan fingerprint density at radius 1 is 1.25 bits per heavy atom. The molecule has 64 valence electrons. The Kier molecular flexibility index (Phi) is 36.1. The van der Waals surface area contributed by atoms with Crippen LogP contribution in [-0.4, -0.2) is 26.5 Å². The summed E-state index contributed by atoms with van der Waals surface area (Å²) in [4.78, 5) is 31.4. The number of hydrogen-bond donors (Lipinski definition) is 3. The van der Waals surface area contributed by atoms with Crippen LogP contribution in [0.3, 0.4) is 0 Å². The largest absolute Gasteiger partial charge is 1.00 e. The number of rotatable bonds is 0. The van der Waals surface area contributed by atoms with Crippen LogP contribution in [0.15, 0.2) is 0 Å². The normalized spacial score (nSPS) is 6.92. The fourth-order valence-corrected chi connectivity index (χ4v) is 0. The second kappa shape index (κ2) is 14.8. The Labute approximate surface area is 112 Å². The number of phosphoric acid groups is 1. The van der Waals surface area contributed by atoms with Gasteiger partial charge in [-0.15, -0.1) is 0 Å². The van der Waals surface area contributed by atoms with Crippen LogP contribution >= 0.6 is 7.82 Å². The van der Waals surface area contributed by atoms with Gasteiger partial charge in [0.2, 0.25) is 6.16 Å². The molecule has 0 atom stereocenters. The molecule has 0 saturated carbocycles. The summed E-state index contributed by atoms with van der Waals surface area (Å²) in [5.74, 6) is 0. The maximum atomic E-state index is 8.77. The fraction of sp³-hybridized carbons (Fsp3) is 0. The van der Waals surface area contributed by atoms with E-state index in [9.17, 15) is 0 Å². The molecule has 0 radical (unpaired) electrons. The summed E-state index contributed by atoms with van der Waals surface area (Å²) < 4.78 is 8.77. The molecule has 0 aromatic rings. The van der Waals surface area contributed by atoms with E-state index in [1.54, 1.807) is 0 Å². The van der Waals surface area contributed by atoms with Crippen LogP contribution in [-0.2, 0) is 4.57 Å². The molecule has 0 saturated heterocycles. The molecule has 0 bridgehead atoms. The van der Waals surface area contributed by atoms with E-state index in [1.165, 1.54) is 0 Å². The van der Waals surface area contributed by atoms with Gasteiger partial charge in [0.05, 0.1) is 0 Å². The van der Waals surface area contributed by atoms with Crippen molar-refractivity contribution in [3.05, 3.63) is 0 Å². The van der Waals surface area contributed by atoms with Gasteiger partial charge in [-0.05, 0) is 0 Å². The minimum absolute atomic E-state index is 0. The zero-order valence-electron chi connectivity index (χ0n) is 6.42. The molecule has 0 aliphatic rings. The van der Waals surface area contributed by atoms with Gasteiger partial charge in [-0.3, -0.25) is 4.57 Å². The van der Waals surface area contributed by atoms with E-state index in [0.29, 0.717) is 0 Å². The van der Waals surface area contributed by atoms with Crippen LogP contribution in [0.4, 0.5) is 4.79 Å². The zero-order chi connectivity index (χ0) is 8.08. The first-order valence-electron chi connectivity index (χ1n) is 1.40. The van der Waals surface area contributed by atoms with E-state index >= 15 is 0 Å². The van der Waals surface area contributed by atoms with Crippen LogP contribution in [0.1, 0.15) is 0 Å². The molecule has 0 heterocycles. The van der Waals surface area contributed by atoms with Gasteiger partial charge >= 0.3 is 59.1 Å². The third-order valence-electron chi connectivity index (χ3n) is 0. The topological polar surface area (TPSA) is 172 Å². The van der Waals surface area contributed by atoms with Crippen LogP contribution < -0.4 is 69.1 Å². The summed E-state index contributed by atoms with van der Waals surface area (Å²) in [7, 11) is -4.89. The fourth-order valence-electron chi connectivity index (χ4n) is 0. The molecule has 11 heteroatoms. The molecule has 0 unspecified atom stereocenters.